The Hall–Kier alpha value is -1.08. The van der Waals surface area contributed by atoms with Gasteiger partial charge in [-0.2, -0.15) is 0 Å². The second-order valence-corrected chi connectivity index (χ2v) is 7.13. The third-order valence-corrected chi connectivity index (χ3v) is 4.25. The zero-order valence-corrected chi connectivity index (χ0v) is 13.4. The summed E-state index contributed by atoms with van der Waals surface area (Å²) in [7, 11) is 0. The van der Waals surface area contributed by atoms with Crippen LogP contribution in [0.25, 0.3) is 0 Å². The zero-order chi connectivity index (χ0) is 13.9. The number of hydrogen-bond acceptors (Lipinski definition) is 0. The van der Waals surface area contributed by atoms with Crippen molar-refractivity contribution in [3.05, 3.63) is 71.3 Å². The van der Waals surface area contributed by atoms with Crippen molar-refractivity contribution in [2.24, 2.45) is 0 Å². The van der Waals surface area contributed by atoms with E-state index in [4.69, 9.17) is 0 Å². The lowest BCUT2D eigenvalue weighted by Gasteiger charge is -2.20. The molecule has 0 aromatic heterocycles. The van der Waals surface area contributed by atoms with E-state index < -0.39 is 0 Å². The molecule has 2 aromatic rings. The number of hydrogen-bond donors (Lipinski definition) is 0. The van der Waals surface area contributed by atoms with Gasteiger partial charge >= 0.3 is 0 Å². The fourth-order valence-corrected chi connectivity index (χ4v) is 2.81. The first kappa shape index (κ1) is 14.3. The molecule has 1 atom stereocenters. The molecular weight excluding hydrogens is 296 g/mol. The molecule has 100 valence electrons. The van der Waals surface area contributed by atoms with Gasteiger partial charge in [0.25, 0.3) is 0 Å². The van der Waals surface area contributed by atoms with Gasteiger partial charge in [0.1, 0.15) is 0 Å². The van der Waals surface area contributed by atoms with Crippen molar-refractivity contribution in [2.75, 3.05) is 0 Å². The fourth-order valence-electron chi connectivity index (χ4n) is 2.13. The van der Waals surface area contributed by atoms with Gasteiger partial charge in [-0.05, 0) is 28.5 Å². The number of benzene rings is 2. The summed E-state index contributed by atoms with van der Waals surface area (Å²) >= 11 is 3.80. The summed E-state index contributed by atoms with van der Waals surface area (Å²) in [6, 6.07) is 19.6. The highest BCUT2D eigenvalue weighted by atomic mass is 79.9. The summed E-state index contributed by atoms with van der Waals surface area (Å²) in [4.78, 5) is 0.379. The molecular formula is C18H21Br. The second kappa shape index (κ2) is 5.92. The Morgan fingerprint density at radius 2 is 1.47 bits per heavy atom. The van der Waals surface area contributed by atoms with E-state index in [1.165, 1.54) is 16.7 Å². The molecule has 0 fully saturated rings. The van der Waals surface area contributed by atoms with E-state index in [0.717, 1.165) is 6.42 Å². The van der Waals surface area contributed by atoms with E-state index >= 15 is 0 Å². The van der Waals surface area contributed by atoms with Crippen molar-refractivity contribution in [1.82, 2.24) is 0 Å². The van der Waals surface area contributed by atoms with Gasteiger partial charge in [-0.1, -0.05) is 91.3 Å². The van der Waals surface area contributed by atoms with Gasteiger partial charge in [0.2, 0.25) is 0 Å². The van der Waals surface area contributed by atoms with E-state index in [1.807, 2.05) is 0 Å². The Balaban J connectivity index is 2.10. The van der Waals surface area contributed by atoms with Gasteiger partial charge in [-0.3, -0.25) is 0 Å². The molecule has 0 amide bonds. The first-order valence-corrected chi connectivity index (χ1v) is 7.67. The normalized spacial score (nSPS) is 13.3. The van der Waals surface area contributed by atoms with E-state index in [1.54, 1.807) is 0 Å². The minimum absolute atomic E-state index is 0.222. The molecule has 0 spiro atoms. The highest BCUT2D eigenvalue weighted by Crippen LogP contribution is 2.29. The van der Waals surface area contributed by atoms with Crippen molar-refractivity contribution < 1.29 is 0 Å². The van der Waals surface area contributed by atoms with Gasteiger partial charge in [0, 0.05) is 4.83 Å². The summed E-state index contributed by atoms with van der Waals surface area (Å²) < 4.78 is 0. The Bertz CT molecular complexity index is 506. The topological polar surface area (TPSA) is 0 Å². The van der Waals surface area contributed by atoms with Crippen LogP contribution in [-0.4, -0.2) is 0 Å². The highest BCUT2D eigenvalue weighted by Gasteiger charge is 2.14. The van der Waals surface area contributed by atoms with Crippen LogP contribution in [0.5, 0.6) is 0 Å². The molecule has 2 rings (SSSR count). The number of rotatable bonds is 3. The molecule has 0 N–H and O–H groups in total. The Labute approximate surface area is 125 Å². The second-order valence-electron chi connectivity index (χ2n) is 6.03. The molecule has 0 heterocycles. The zero-order valence-electron chi connectivity index (χ0n) is 11.9. The third-order valence-electron chi connectivity index (χ3n) is 3.40. The van der Waals surface area contributed by atoms with E-state index in [2.05, 4.69) is 91.3 Å². The Morgan fingerprint density at radius 1 is 0.895 bits per heavy atom. The van der Waals surface area contributed by atoms with Crippen LogP contribution in [0.3, 0.4) is 0 Å². The molecule has 0 radical (unpaired) electrons. The molecule has 19 heavy (non-hydrogen) atoms. The Kier molecular flexibility index (Phi) is 4.46. The molecule has 0 nitrogen and oxygen atoms in total. The summed E-state index contributed by atoms with van der Waals surface area (Å²) in [5, 5.41) is 0. The molecule has 1 unspecified atom stereocenters. The highest BCUT2D eigenvalue weighted by molar-refractivity contribution is 9.09. The first-order chi connectivity index (χ1) is 8.97. The maximum absolute atomic E-state index is 3.80. The molecule has 0 saturated heterocycles. The van der Waals surface area contributed by atoms with Gasteiger partial charge < -0.3 is 0 Å². The van der Waals surface area contributed by atoms with Crippen molar-refractivity contribution in [2.45, 2.75) is 37.4 Å². The average molecular weight is 317 g/mol. The molecule has 0 aliphatic carbocycles. The Morgan fingerprint density at radius 3 is 2.00 bits per heavy atom. The monoisotopic (exact) mass is 316 g/mol. The van der Waals surface area contributed by atoms with Crippen molar-refractivity contribution >= 4 is 15.9 Å². The van der Waals surface area contributed by atoms with Crippen LogP contribution in [0.2, 0.25) is 0 Å². The molecule has 1 heteroatoms. The lowest BCUT2D eigenvalue weighted by Crippen LogP contribution is -2.10. The standard InChI is InChI=1S/C18H21Br/c1-18(2,3)16-11-9-15(10-12-16)17(19)13-14-7-5-4-6-8-14/h4-12,17H,13H2,1-3H3. The van der Waals surface area contributed by atoms with E-state index in [0.29, 0.717) is 4.83 Å². The van der Waals surface area contributed by atoms with Crippen molar-refractivity contribution in [3.63, 3.8) is 0 Å². The van der Waals surface area contributed by atoms with Crippen LogP contribution >= 0.6 is 15.9 Å². The maximum atomic E-state index is 3.80. The van der Waals surface area contributed by atoms with Gasteiger partial charge in [0.05, 0.1) is 0 Å². The summed E-state index contributed by atoms with van der Waals surface area (Å²) in [6.45, 7) is 6.74. The first-order valence-electron chi connectivity index (χ1n) is 6.75. The van der Waals surface area contributed by atoms with Crippen molar-refractivity contribution in [1.29, 1.82) is 0 Å². The number of alkyl halides is 1. The van der Waals surface area contributed by atoms with Crippen molar-refractivity contribution in [3.8, 4) is 0 Å². The summed E-state index contributed by atoms with van der Waals surface area (Å²) in [5.74, 6) is 0. The van der Waals surface area contributed by atoms with Gasteiger partial charge in [0.15, 0.2) is 0 Å². The minimum atomic E-state index is 0.222. The number of halogens is 1. The van der Waals surface area contributed by atoms with Crippen LogP contribution < -0.4 is 0 Å². The summed E-state index contributed by atoms with van der Waals surface area (Å²) in [5.41, 5.74) is 4.32. The largest absolute Gasteiger partial charge is 0.0835 e. The van der Waals surface area contributed by atoms with Crippen LogP contribution in [0.1, 0.15) is 42.3 Å². The SMILES string of the molecule is CC(C)(C)c1ccc(C(Br)Cc2ccccc2)cc1. The van der Waals surface area contributed by atoms with E-state index in [-0.39, 0.29) is 5.41 Å². The van der Waals surface area contributed by atoms with Crippen LogP contribution in [0.4, 0.5) is 0 Å². The van der Waals surface area contributed by atoms with E-state index in [9.17, 15) is 0 Å². The molecule has 0 saturated carbocycles. The predicted octanol–water partition coefficient (Wildman–Crippen LogP) is 5.66. The lowest BCUT2D eigenvalue weighted by molar-refractivity contribution is 0.590. The summed E-state index contributed by atoms with van der Waals surface area (Å²) in [6.07, 6.45) is 1.02. The predicted molar refractivity (Wildman–Crippen MR) is 87.0 cm³/mol. The molecule has 2 aromatic carbocycles. The third kappa shape index (κ3) is 3.94. The van der Waals surface area contributed by atoms with Gasteiger partial charge in [-0.25, -0.2) is 0 Å². The maximum Gasteiger partial charge on any atom is 0.0435 e. The lowest BCUT2D eigenvalue weighted by atomic mass is 9.86. The van der Waals surface area contributed by atoms with Crippen LogP contribution in [0, 0.1) is 0 Å². The van der Waals surface area contributed by atoms with Crippen LogP contribution in [0.15, 0.2) is 54.6 Å². The molecule has 0 aliphatic heterocycles. The van der Waals surface area contributed by atoms with Crippen LogP contribution in [-0.2, 0) is 11.8 Å². The molecule has 0 bridgehead atoms. The fraction of sp³-hybridized carbons (Fsp3) is 0.333. The van der Waals surface area contributed by atoms with Gasteiger partial charge in [-0.15, -0.1) is 0 Å². The molecule has 0 aliphatic rings. The minimum Gasteiger partial charge on any atom is -0.0835 e. The smallest absolute Gasteiger partial charge is 0.0435 e. The average Bonchev–Trinajstić information content (AvgIpc) is 2.39. The quantitative estimate of drug-likeness (QED) is 0.641.